The van der Waals surface area contributed by atoms with Gasteiger partial charge in [-0.1, -0.05) is 108 Å². The van der Waals surface area contributed by atoms with Crippen molar-refractivity contribution >= 4 is 0 Å². The molecule has 0 unspecified atom stereocenters. The normalized spacial score (nSPS) is 12.0. The minimum absolute atomic E-state index is 0.0386. The SMILES string of the molecule is Cc1ccc(Oc2c(F)c(F)c(-c3c(F)c(F)c(Oc4ccc(C(c5ccc(Oc6c(F)c(F)c(-c7c(F)c(F)c(Oc8ccc(-c9ccc(-c%10cccc(C)c%10)cc9)cc8)c(F)c7F)c(F)c6F)cc5)(C(F)(F)F)C(F)(F)F)cc4)c(F)c3F)c(F)c2F)cc1. The molecule has 0 bridgehead atoms. The Morgan fingerprint density at radius 1 is 0.242 bits per heavy atom. The fraction of sp³-hybridized carbons (Fsp3) is 0.0769. The molecular weight excluding hydrogens is 1260 g/mol. The average molecular weight is 1290 g/mol. The topological polar surface area (TPSA) is 36.9 Å². The maximum Gasteiger partial charge on any atom is 0.411 e. The van der Waals surface area contributed by atoms with Gasteiger partial charge in [-0.15, -0.1) is 0 Å². The summed E-state index contributed by atoms with van der Waals surface area (Å²) < 4.78 is 358. The maximum atomic E-state index is 15.7. The lowest BCUT2D eigenvalue weighted by Crippen LogP contribution is -2.54. The third-order valence-electron chi connectivity index (χ3n) is 14.1. The fourth-order valence-electron chi connectivity index (χ4n) is 9.68. The van der Waals surface area contributed by atoms with Crippen molar-refractivity contribution in [1.82, 2.24) is 0 Å². The smallest absolute Gasteiger partial charge is 0.411 e. The largest absolute Gasteiger partial charge is 0.451 e. The van der Waals surface area contributed by atoms with Gasteiger partial charge in [-0.3, -0.25) is 0 Å². The Balaban J connectivity index is 0.897. The van der Waals surface area contributed by atoms with E-state index in [1.54, 1.807) is 19.1 Å². The summed E-state index contributed by atoms with van der Waals surface area (Å²) in [7, 11) is 0. The highest BCUT2D eigenvalue weighted by Gasteiger charge is 2.72. The molecule has 0 saturated heterocycles. The van der Waals surface area contributed by atoms with E-state index in [9.17, 15) is 0 Å². The Bertz CT molecular complexity index is 4360. The molecule has 0 radical (unpaired) electrons. The van der Waals surface area contributed by atoms with Crippen LogP contribution in [-0.4, -0.2) is 12.4 Å². The van der Waals surface area contributed by atoms with Gasteiger partial charge in [-0.25, -0.2) is 35.1 Å². The standard InChI is InChI=1S/C65H30F22O4/c1-27-6-18-35(19-7-27)88-59-51(74)43(66)39(44(67)52(59)75)41-47(70)55(78)61(56(79)48(41)71)90-37-22-14-33(15-23-37)63(64(82,83)84,65(85,86)87)34-16-24-38(25-17-34)91-62-57(80)49(72)42(50(73)58(62)81)40-45(68)53(76)60(54(77)46(40)69)89-36-20-12-30(13-21-36)29-8-10-31(11-9-29)32-5-3-4-28(2)26-32/h3-26H,1-2H3. The van der Waals surface area contributed by atoms with Crippen LogP contribution in [0.1, 0.15) is 22.3 Å². The molecule has 0 heterocycles. The summed E-state index contributed by atoms with van der Waals surface area (Å²) in [5, 5.41) is 0. The Labute approximate surface area is 497 Å². The molecule has 10 aromatic rings. The summed E-state index contributed by atoms with van der Waals surface area (Å²) in [6, 6.07) is 25.0. The van der Waals surface area contributed by atoms with Gasteiger partial charge in [-0.05, 0) is 95.8 Å². The summed E-state index contributed by atoms with van der Waals surface area (Å²) in [5.74, 6) is -53.8. The average Bonchev–Trinajstić information content (AvgIpc) is 0.733. The number of rotatable bonds is 14. The van der Waals surface area contributed by atoms with E-state index < -0.39 is 190 Å². The molecule has 10 aromatic carbocycles. The first kappa shape index (κ1) is 63.9. The molecule has 0 aliphatic heterocycles. The zero-order valence-electron chi connectivity index (χ0n) is 45.3. The van der Waals surface area contributed by atoms with Crippen LogP contribution in [0.4, 0.5) is 96.6 Å². The fourth-order valence-corrected chi connectivity index (χ4v) is 9.68. The van der Waals surface area contributed by atoms with Gasteiger partial charge in [0.2, 0.25) is 75.0 Å². The van der Waals surface area contributed by atoms with Crippen LogP contribution in [-0.2, 0) is 5.41 Å². The maximum absolute atomic E-state index is 15.7. The molecule has 10 rings (SSSR count). The number of hydrogen-bond acceptors (Lipinski definition) is 4. The lowest BCUT2D eigenvalue weighted by molar-refractivity contribution is -0.288. The molecular formula is C65H30F22O4. The molecule has 468 valence electrons. The van der Waals surface area contributed by atoms with Crippen molar-refractivity contribution in [3.05, 3.63) is 261 Å². The van der Waals surface area contributed by atoms with Gasteiger partial charge in [0.15, 0.2) is 46.5 Å². The lowest BCUT2D eigenvalue weighted by Gasteiger charge is -2.38. The van der Waals surface area contributed by atoms with Crippen molar-refractivity contribution in [1.29, 1.82) is 0 Å². The van der Waals surface area contributed by atoms with E-state index in [1.165, 1.54) is 24.3 Å². The van der Waals surface area contributed by atoms with Crippen LogP contribution < -0.4 is 18.9 Å². The zero-order chi connectivity index (χ0) is 66.1. The number of halogens is 22. The van der Waals surface area contributed by atoms with E-state index in [0.29, 0.717) is 16.7 Å². The Morgan fingerprint density at radius 3 is 0.725 bits per heavy atom. The predicted octanol–water partition coefficient (Wildman–Crippen LogP) is 21.8. The molecule has 0 N–H and O–H groups in total. The summed E-state index contributed by atoms with van der Waals surface area (Å²) >= 11 is 0. The summed E-state index contributed by atoms with van der Waals surface area (Å²) in [4.78, 5) is 0. The van der Waals surface area contributed by atoms with Crippen LogP contribution in [0.25, 0.3) is 44.5 Å². The molecule has 0 atom stereocenters. The third kappa shape index (κ3) is 11.2. The van der Waals surface area contributed by atoms with E-state index in [-0.39, 0.29) is 48.5 Å². The second-order valence-electron chi connectivity index (χ2n) is 19.8. The van der Waals surface area contributed by atoms with Gasteiger partial charge in [0.05, 0.1) is 22.3 Å². The van der Waals surface area contributed by atoms with E-state index in [1.807, 2.05) is 43.3 Å². The predicted molar refractivity (Wildman–Crippen MR) is 282 cm³/mol. The van der Waals surface area contributed by atoms with Crippen LogP contribution in [0.15, 0.2) is 146 Å². The lowest BCUT2D eigenvalue weighted by atomic mass is 9.73. The third-order valence-corrected chi connectivity index (χ3v) is 14.1. The summed E-state index contributed by atoms with van der Waals surface area (Å²) in [6.07, 6.45) is -13.0. The van der Waals surface area contributed by atoms with E-state index >= 15 is 96.6 Å². The van der Waals surface area contributed by atoms with Crippen molar-refractivity contribution in [3.63, 3.8) is 0 Å². The van der Waals surface area contributed by atoms with Crippen molar-refractivity contribution in [3.8, 4) is 90.5 Å². The highest BCUT2D eigenvalue weighted by Crippen LogP contribution is 2.57. The van der Waals surface area contributed by atoms with Gasteiger partial charge in [0.25, 0.3) is 0 Å². The number of ether oxygens (including phenoxy) is 4. The van der Waals surface area contributed by atoms with Crippen LogP contribution in [0, 0.1) is 107 Å². The van der Waals surface area contributed by atoms with Crippen LogP contribution >= 0.6 is 0 Å². The molecule has 0 fully saturated rings. The highest BCUT2D eigenvalue weighted by molar-refractivity contribution is 5.73. The van der Waals surface area contributed by atoms with Crippen LogP contribution in [0.5, 0.6) is 46.0 Å². The second-order valence-corrected chi connectivity index (χ2v) is 19.8. The Morgan fingerprint density at radius 2 is 0.473 bits per heavy atom. The molecule has 0 saturated carbocycles. The molecule has 0 aromatic heterocycles. The monoisotopic (exact) mass is 1290 g/mol. The molecule has 0 spiro atoms. The van der Waals surface area contributed by atoms with Crippen molar-refractivity contribution in [2.75, 3.05) is 0 Å². The Hall–Kier alpha value is -10.1. The van der Waals surface area contributed by atoms with Gasteiger partial charge < -0.3 is 18.9 Å². The summed E-state index contributed by atoms with van der Waals surface area (Å²) in [6.45, 7) is 3.49. The van der Waals surface area contributed by atoms with Crippen LogP contribution in [0.3, 0.4) is 0 Å². The molecule has 0 aliphatic carbocycles. The number of alkyl halides is 6. The molecule has 4 nitrogen and oxygen atoms in total. The number of aryl methyl sites for hydroxylation is 2. The first-order chi connectivity index (χ1) is 42.9. The van der Waals surface area contributed by atoms with E-state index in [4.69, 9.17) is 18.9 Å². The quantitative estimate of drug-likeness (QED) is 0.0803. The van der Waals surface area contributed by atoms with Gasteiger partial charge >= 0.3 is 12.4 Å². The second kappa shape index (κ2) is 24.0. The first-order valence-corrected chi connectivity index (χ1v) is 25.7. The minimum atomic E-state index is -6.48. The molecule has 26 heteroatoms. The van der Waals surface area contributed by atoms with E-state index in [2.05, 4.69) is 0 Å². The van der Waals surface area contributed by atoms with Gasteiger partial charge in [0, 0.05) is 0 Å². The first-order valence-electron chi connectivity index (χ1n) is 25.7. The number of hydrogen-bond donors (Lipinski definition) is 0. The molecule has 91 heavy (non-hydrogen) atoms. The van der Waals surface area contributed by atoms with Crippen molar-refractivity contribution < 1.29 is 116 Å². The minimum Gasteiger partial charge on any atom is -0.451 e. The van der Waals surface area contributed by atoms with Crippen molar-refractivity contribution in [2.24, 2.45) is 0 Å². The molecule has 0 aliphatic rings. The zero-order valence-corrected chi connectivity index (χ0v) is 45.3. The Kier molecular flexibility index (Phi) is 16.8. The van der Waals surface area contributed by atoms with Gasteiger partial charge in [-0.2, -0.15) is 61.5 Å². The molecule has 0 amide bonds. The highest BCUT2D eigenvalue weighted by atomic mass is 19.4. The van der Waals surface area contributed by atoms with Crippen LogP contribution in [0.2, 0.25) is 0 Å². The summed E-state index contributed by atoms with van der Waals surface area (Å²) in [5.41, 5.74) is -13.8. The van der Waals surface area contributed by atoms with Crippen molar-refractivity contribution in [2.45, 2.75) is 31.6 Å². The number of benzene rings is 10. The van der Waals surface area contributed by atoms with E-state index in [0.717, 1.165) is 41.0 Å². The van der Waals surface area contributed by atoms with Gasteiger partial charge in [0.1, 0.15) is 23.0 Å².